The van der Waals surface area contributed by atoms with Gasteiger partial charge in [0.25, 0.3) is 5.91 Å². The van der Waals surface area contributed by atoms with Gasteiger partial charge in [0, 0.05) is 24.6 Å². The van der Waals surface area contributed by atoms with Crippen LogP contribution in [0.25, 0.3) is 11.1 Å². The fourth-order valence-electron chi connectivity index (χ4n) is 3.97. The van der Waals surface area contributed by atoms with Crippen molar-refractivity contribution in [2.75, 3.05) is 19.6 Å². The zero-order chi connectivity index (χ0) is 19.3. The third-order valence-electron chi connectivity index (χ3n) is 5.57. The zero-order valence-corrected chi connectivity index (χ0v) is 16.4. The molecule has 1 amide bonds. The van der Waals surface area contributed by atoms with E-state index in [-0.39, 0.29) is 5.91 Å². The van der Waals surface area contributed by atoms with Gasteiger partial charge in [-0.05, 0) is 56.1 Å². The molecule has 0 saturated carbocycles. The van der Waals surface area contributed by atoms with Crippen molar-refractivity contribution in [1.29, 1.82) is 0 Å². The Morgan fingerprint density at radius 1 is 1.21 bits per heavy atom. The standard InChI is InChI=1S/C23H27N3O2/c1-2-26-14-6-9-19(26)16-24-23(27)18-11-12-20-21(15-18)28-22(25-20)13-10-17-7-4-3-5-8-17/h3-5,7-8,11-12,15,19H,2,6,9-10,13-14,16H2,1H3,(H,24,27)/t19-/m0/s1. The summed E-state index contributed by atoms with van der Waals surface area (Å²) in [6, 6.07) is 16.3. The van der Waals surface area contributed by atoms with E-state index in [2.05, 4.69) is 34.3 Å². The molecule has 3 aromatic rings. The van der Waals surface area contributed by atoms with Crippen molar-refractivity contribution in [2.45, 2.75) is 38.6 Å². The van der Waals surface area contributed by atoms with Crippen molar-refractivity contribution in [1.82, 2.24) is 15.2 Å². The lowest BCUT2D eigenvalue weighted by Crippen LogP contribution is -2.40. The second-order valence-corrected chi connectivity index (χ2v) is 7.41. The molecule has 1 N–H and O–H groups in total. The number of fused-ring (bicyclic) bond motifs is 1. The van der Waals surface area contributed by atoms with Gasteiger partial charge in [0.1, 0.15) is 5.52 Å². The SMILES string of the molecule is CCN1CCC[C@H]1CNC(=O)c1ccc2nc(CCc3ccccc3)oc2c1. The molecule has 5 nitrogen and oxygen atoms in total. The lowest BCUT2D eigenvalue weighted by Gasteiger charge is -2.22. The van der Waals surface area contributed by atoms with Gasteiger partial charge in [-0.2, -0.15) is 0 Å². The molecule has 1 atom stereocenters. The van der Waals surface area contributed by atoms with E-state index in [0.29, 0.717) is 29.6 Å². The molecule has 1 saturated heterocycles. The summed E-state index contributed by atoms with van der Waals surface area (Å²) < 4.78 is 5.89. The van der Waals surface area contributed by atoms with Crippen LogP contribution in [0.15, 0.2) is 52.9 Å². The summed E-state index contributed by atoms with van der Waals surface area (Å²) in [6.45, 7) is 5.04. The van der Waals surface area contributed by atoms with E-state index in [9.17, 15) is 4.79 Å². The van der Waals surface area contributed by atoms with Crippen LogP contribution in [0.2, 0.25) is 0 Å². The van der Waals surface area contributed by atoms with Gasteiger partial charge in [-0.25, -0.2) is 4.98 Å². The number of amides is 1. The Morgan fingerprint density at radius 3 is 2.89 bits per heavy atom. The van der Waals surface area contributed by atoms with Crippen molar-refractivity contribution in [3.05, 3.63) is 65.5 Å². The van der Waals surface area contributed by atoms with Crippen LogP contribution in [-0.2, 0) is 12.8 Å². The first-order valence-corrected chi connectivity index (χ1v) is 10.2. The Hall–Kier alpha value is -2.66. The van der Waals surface area contributed by atoms with E-state index in [0.717, 1.165) is 37.9 Å². The maximum Gasteiger partial charge on any atom is 0.251 e. The van der Waals surface area contributed by atoms with E-state index >= 15 is 0 Å². The van der Waals surface area contributed by atoms with Gasteiger partial charge >= 0.3 is 0 Å². The molecular formula is C23H27N3O2. The minimum atomic E-state index is -0.0490. The van der Waals surface area contributed by atoms with Crippen molar-refractivity contribution in [3.8, 4) is 0 Å². The summed E-state index contributed by atoms with van der Waals surface area (Å²) in [5.41, 5.74) is 3.36. The first kappa shape index (κ1) is 18.7. The van der Waals surface area contributed by atoms with Gasteiger partial charge in [-0.1, -0.05) is 37.3 Å². The lowest BCUT2D eigenvalue weighted by atomic mass is 10.1. The summed E-state index contributed by atoms with van der Waals surface area (Å²) in [6.07, 6.45) is 4.00. The number of hydrogen-bond acceptors (Lipinski definition) is 4. The molecule has 4 rings (SSSR count). The normalized spacial score (nSPS) is 17.2. The number of aromatic nitrogens is 1. The van der Waals surface area contributed by atoms with Crippen LogP contribution < -0.4 is 5.32 Å². The van der Waals surface area contributed by atoms with Crippen molar-refractivity contribution in [2.24, 2.45) is 0 Å². The number of hydrogen-bond donors (Lipinski definition) is 1. The molecule has 1 fully saturated rings. The number of rotatable bonds is 7. The number of carbonyl (C=O) groups excluding carboxylic acids is 1. The molecule has 1 aromatic heterocycles. The topological polar surface area (TPSA) is 58.4 Å². The van der Waals surface area contributed by atoms with Crippen LogP contribution >= 0.6 is 0 Å². The number of nitrogens with zero attached hydrogens (tertiary/aromatic N) is 2. The van der Waals surface area contributed by atoms with Crippen molar-refractivity contribution >= 4 is 17.0 Å². The smallest absolute Gasteiger partial charge is 0.251 e. The molecule has 1 aliphatic rings. The highest BCUT2D eigenvalue weighted by molar-refractivity contribution is 5.97. The van der Waals surface area contributed by atoms with Crippen LogP contribution in [0.3, 0.4) is 0 Å². The van der Waals surface area contributed by atoms with Crippen LogP contribution in [0.5, 0.6) is 0 Å². The van der Waals surface area contributed by atoms with Crippen LogP contribution in [-0.4, -0.2) is 41.5 Å². The number of carbonyl (C=O) groups is 1. The van der Waals surface area contributed by atoms with E-state index in [1.54, 1.807) is 6.07 Å². The number of benzene rings is 2. The first-order chi connectivity index (χ1) is 13.7. The molecule has 146 valence electrons. The van der Waals surface area contributed by atoms with Gasteiger partial charge in [0.15, 0.2) is 11.5 Å². The average molecular weight is 377 g/mol. The third-order valence-corrected chi connectivity index (χ3v) is 5.57. The molecule has 1 aliphatic heterocycles. The van der Waals surface area contributed by atoms with E-state index in [1.165, 1.54) is 12.0 Å². The average Bonchev–Trinajstić information content (AvgIpc) is 3.36. The third kappa shape index (κ3) is 4.25. The summed E-state index contributed by atoms with van der Waals surface area (Å²) >= 11 is 0. The maximum absolute atomic E-state index is 12.6. The highest BCUT2D eigenvalue weighted by Gasteiger charge is 2.23. The molecule has 2 heterocycles. The predicted molar refractivity (Wildman–Crippen MR) is 110 cm³/mol. The summed E-state index contributed by atoms with van der Waals surface area (Å²) in [5.74, 6) is 0.660. The van der Waals surface area contributed by atoms with Gasteiger partial charge in [0.2, 0.25) is 0 Å². The number of aryl methyl sites for hydroxylation is 2. The lowest BCUT2D eigenvalue weighted by molar-refractivity contribution is 0.0941. The van der Waals surface area contributed by atoms with Gasteiger partial charge in [-0.3, -0.25) is 9.69 Å². The molecule has 5 heteroatoms. The Morgan fingerprint density at radius 2 is 2.07 bits per heavy atom. The van der Waals surface area contributed by atoms with Gasteiger partial charge in [0.05, 0.1) is 0 Å². The number of oxazole rings is 1. The summed E-state index contributed by atoms with van der Waals surface area (Å²) in [4.78, 5) is 19.5. The molecular weight excluding hydrogens is 350 g/mol. The largest absolute Gasteiger partial charge is 0.441 e. The Bertz CT molecular complexity index is 935. The first-order valence-electron chi connectivity index (χ1n) is 10.2. The minimum absolute atomic E-state index is 0.0490. The van der Waals surface area contributed by atoms with E-state index in [1.807, 2.05) is 30.3 Å². The van der Waals surface area contributed by atoms with E-state index < -0.39 is 0 Å². The fourth-order valence-corrected chi connectivity index (χ4v) is 3.97. The van der Waals surface area contributed by atoms with Crippen LogP contribution in [0.1, 0.15) is 41.6 Å². The maximum atomic E-state index is 12.6. The molecule has 0 radical (unpaired) electrons. The van der Waals surface area contributed by atoms with Crippen LogP contribution in [0.4, 0.5) is 0 Å². The number of nitrogens with one attached hydrogen (secondary N) is 1. The van der Waals surface area contributed by atoms with Crippen molar-refractivity contribution < 1.29 is 9.21 Å². The quantitative estimate of drug-likeness (QED) is 0.680. The fraction of sp³-hybridized carbons (Fsp3) is 0.391. The Kier molecular flexibility index (Phi) is 5.72. The van der Waals surface area contributed by atoms with Crippen LogP contribution in [0, 0.1) is 0 Å². The second-order valence-electron chi connectivity index (χ2n) is 7.41. The van der Waals surface area contributed by atoms with Gasteiger partial charge in [-0.15, -0.1) is 0 Å². The summed E-state index contributed by atoms with van der Waals surface area (Å²) in [7, 11) is 0. The Labute approximate surface area is 165 Å². The number of likely N-dealkylation sites (N-methyl/N-ethyl adjacent to an activating group) is 1. The molecule has 28 heavy (non-hydrogen) atoms. The van der Waals surface area contributed by atoms with Crippen molar-refractivity contribution in [3.63, 3.8) is 0 Å². The van der Waals surface area contributed by atoms with E-state index in [4.69, 9.17) is 4.42 Å². The zero-order valence-electron chi connectivity index (χ0n) is 16.4. The minimum Gasteiger partial charge on any atom is -0.441 e. The van der Waals surface area contributed by atoms with Gasteiger partial charge < -0.3 is 9.73 Å². The Balaban J connectivity index is 1.39. The summed E-state index contributed by atoms with van der Waals surface area (Å²) in [5, 5.41) is 3.08. The molecule has 0 unspecified atom stereocenters. The molecule has 2 aromatic carbocycles. The highest BCUT2D eigenvalue weighted by atomic mass is 16.3. The molecule has 0 bridgehead atoms. The monoisotopic (exact) mass is 377 g/mol. The molecule has 0 aliphatic carbocycles. The molecule has 0 spiro atoms. The predicted octanol–water partition coefficient (Wildman–Crippen LogP) is 3.83. The number of likely N-dealkylation sites (tertiary alicyclic amines) is 1. The second kappa shape index (κ2) is 8.57. The highest BCUT2D eigenvalue weighted by Crippen LogP contribution is 2.19.